The van der Waals surface area contributed by atoms with Gasteiger partial charge in [0.25, 0.3) is 0 Å². The van der Waals surface area contributed by atoms with Crippen LogP contribution in [0.3, 0.4) is 0 Å². The maximum atomic E-state index is 2.48. The van der Waals surface area contributed by atoms with Gasteiger partial charge in [-0.25, -0.2) is 0 Å². The fourth-order valence-corrected chi connectivity index (χ4v) is 4.86. The number of aryl methyl sites for hydroxylation is 2. The van der Waals surface area contributed by atoms with E-state index in [0.29, 0.717) is 5.92 Å². The molecule has 0 unspecified atom stereocenters. The number of nitrogens with zero attached hydrogens (tertiary/aromatic N) is 1. The first kappa shape index (κ1) is 19.2. The molecule has 0 radical (unpaired) electrons. The van der Waals surface area contributed by atoms with Crippen molar-refractivity contribution in [1.29, 1.82) is 0 Å². The molecule has 1 heteroatoms. The summed E-state index contributed by atoms with van der Waals surface area (Å²) in [7, 11) is 2.21. The Labute approximate surface area is 170 Å². The van der Waals surface area contributed by atoms with Crippen molar-refractivity contribution >= 4 is 10.8 Å². The molecule has 1 fully saturated rings. The van der Waals surface area contributed by atoms with Gasteiger partial charge in [-0.05, 0) is 65.8 Å². The predicted octanol–water partition coefficient (Wildman–Crippen LogP) is 7.12. The van der Waals surface area contributed by atoms with Crippen LogP contribution in [0, 0.1) is 13.8 Å². The Hall–Kier alpha value is -2.15. The number of aromatic nitrogens is 1. The summed E-state index contributed by atoms with van der Waals surface area (Å²) in [6, 6.07) is 16.6. The van der Waals surface area contributed by atoms with E-state index in [4.69, 9.17) is 0 Å². The van der Waals surface area contributed by atoms with Crippen LogP contribution in [0.25, 0.3) is 22.0 Å². The monoisotopic (exact) mass is 372 g/mol. The van der Waals surface area contributed by atoms with Gasteiger partial charge in [-0.15, -0.1) is 0 Å². The van der Waals surface area contributed by atoms with E-state index in [2.05, 4.69) is 81.8 Å². The minimum absolute atomic E-state index is 0.540. The molecule has 1 saturated carbocycles. The van der Waals surface area contributed by atoms with Gasteiger partial charge >= 0.3 is 0 Å². The van der Waals surface area contributed by atoms with Crippen molar-refractivity contribution in [1.82, 2.24) is 0 Å². The van der Waals surface area contributed by atoms with Gasteiger partial charge in [0.15, 0.2) is 5.69 Å². The summed E-state index contributed by atoms with van der Waals surface area (Å²) in [5.74, 6) is 1.29. The summed E-state index contributed by atoms with van der Waals surface area (Å²) in [6.45, 7) is 9.03. The number of fused-ring (bicyclic) bond motifs is 1. The fraction of sp³-hybridized carbons (Fsp3) is 0.444. The van der Waals surface area contributed by atoms with Crippen molar-refractivity contribution in [3.05, 3.63) is 64.8 Å². The zero-order valence-electron chi connectivity index (χ0n) is 18.2. The van der Waals surface area contributed by atoms with Crippen LogP contribution in [0.2, 0.25) is 0 Å². The van der Waals surface area contributed by atoms with E-state index in [1.54, 1.807) is 5.56 Å². The molecule has 1 heterocycles. The van der Waals surface area contributed by atoms with Crippen molar-refractivity contribution in [3.63, 3.8) is 0 Å². The Balaban J connectivity index is 1.91. The highest BCUT2D eigenvalue weighted by Crippen LogP contribution is 2.36. The molecule has 28 heavy (non-hydrogen) atoms. The lowest BCUT2D eigenvalue weighted by atomic mass is 9.83. The molecule has 1 aromatic heterocycles. The standard InChI is InChI=1S/C27H34N/c1-18(2)22-12-11-19(3)26(17-22)27-25-14-13-23(21-9-7-6-8-10-21)16-24(25)15-20(4)28(27)5/h11-18,21H,6-10H2,1-5H3/q+1. The van der Waals surface area contributed by atoms with E-state index in [1.165, 1.54) is 71.0 Å². The normalized spacial score (nSPS) is 15.5. The van der Waals surface area contributed by atoms with Crippen LogP contribution >= 0.6 is 0 Å². The molecule has 0 amide bonds. The SMILES string of the molecule is Cc1ccc(C(C)C)cc1-c1c2ccc(C3CCCCC3)cc2cc(C)[n+]1C. The second kappa shape index (κ2) is 7.70. The van der Waals surface area contributed by atoms with Gasteiger partial charge in [0, 0.05) is 18.6 Å². The van der Waals surface area contributed by atoms with E-state index in [9.17, 15) is 0 Å². The van der Waals surface area contributed by atoms with E-state index < -0.39 is 0 Å². The molecule has 1 nitrogen and oxygen atoms in total. The van der Waals surface area contributed by atoms with Gasteiger partial charge in [-0.1, -0.05) is 57.4 Å². The second-order valence-electron chi connectivity index (χ2n) is 9.10. The highest BCUT2D eigenvalue weighted by atomic mass is 14.9. The molecule has 1 aliphatic rings. The van der Waals surface area contributed by atoms with Crippen molar-refractivity contribution < 1.29 is 4.57 Å². The third kappa shape index (κ3) is 3.48. The lowest BCUT2D eigenvalue weighted by molar-refractivity contribution is -0.665. The number of rotatable bonds is 3. The number of hydrogen-bond donors (Lipinski definition) is 0. The van der Waals surface area contributed by atoms with Crippen molar-refractivity contribution in [3.8, 4) is 11.3 Å². The first-order chi connectivity index (χ1) is 13.5. The molecule has 0 bridgehead atoms. The van der Waals surface area contributed by atoms with Crippen molar-refractivity contribution in [2.75, 3.05) is 0 Å². The van der Waals surface area contributed by atoms with Gasteiger partial charge in [0.1, 0.15) is 7.05 Å². The van der Waals surface area contributed by atoms with Gasteiger partial charge in [-0.2, -0.15) is 4.57 Å². The topological polar surface area (TPSA) is 3.88 Å². The Morgan fingerprint density at radius 1 is 0.893 bits per heavy atom. The molecule has 2 aromatic carbocycles. The first-order valence-electron chi connectivity index (χ1n) is 11.0. The summed E-state index contributed by atoms with van der Waals surface area (Å²) in [5.41, 5.74) is 8.34. The van der Waals surface area contributed by atoms with Crippen LogP contribution in [-0.4, -0.2) is 0 Å². The number of pyridine rings is 1. The largest absolute Gasteiger partial charge is 0.220 e. The predicted molar refractivity (Wildman–Crippen MR) is 120 cm³/mol. The van der Waals surface area contributed by atoms with Crippen molar-refractivity contribution in [2.45, 2.75) is 71.6 Å². The Morgan fingerprint density at radius 3 is 2.36 bits per heavy atom. The number of benzene rings is 2. The third-order valence-corrected chi connectivity index (χ3v) is 6.82. The van der Waals surface area contributed by atoms with Crippen LogP contribution in [0.15, 0.2) is 42.5 Å². The molecule has 3 aromatic rings. The summed E-state index contributed by atoms with van der Waals surface area (Å²) in [6.07, 6.45) is 6.89. The summed E-state index contributed by atoms with van der Waals surface area (Å²) in [5, 5.41) is 2.76. The van der Waals surface area contributed by atoms with E-state index in [-0.39, 0.29) is 0 Å². The van der Waals surface area contributed by atoms with Gasteiger partial charge in [0.2, 0.25) is 5.69 Å². The van der Waals surface area contributed by atoms with E-state index in [0.717, 1.165) is 5.92 Å². The molecule has 4 rings (SSSR count). The Kier molecular flexibility index (Phi) is 5.27. The Morgan fingerprint density at radius 2 is 1.64 bits per heavy atom. The van der Waals surface area contributed by atoms with Crippen LogP contribution in [-0.2, 0) is 7.05 Å². The van der Waals surface area contributed by atoms with Crippen molar-refractivity contribution in [2.24, 2.45) is 7.05 Å². The smallest absolute Gasteiger partial charge is 0.198 e. The molecule has 0 atom stereocenters. The number of hydrogen-bond acceptors (Lipinski definition) is 0. The minimum Gasteiger partial charge on any atom is -0.198 e. The molecule has 0 saturated heterocycles. The van der Waals surface area contributed by atoms with Crippen LogP contribution < -0.4 is 4.57 Å². The highest BCUT2D eigenvalue weighted by Gasteiger charge is 2.22. The quantitative estimate of drug-likeness (QED) is 0.431. The lowest BCUT2D eigenvalue weighted by Gasteiger charge is -2.22. The molecule has 146 valence electrons. The van der Waals surface area contributed by atoms with E-state index >= 15 is 0 Å². The Bertz CT molecular complexity index is 1010. The summed E-state index contributed by atoms with van der Waals surface area (Å²) in [4.78, 5) is 0. The zero-order valence-corrected chi connectivity index (χ0v) is 18.2. The average Bonchev–Trinajstić information content (AvgIpc) is 2.70. The molecular formula is C27H34N+. The second-order valence-corrected chi connectivity index (χ2v) is 9.10. The van der Waals surface area contributed by atoms with Gasteiger partial charge in [0.05, 0.1) is 5.39 Å². The molecule has 0 spiro atoms. The van der Waals surface area contributed by atoms with Gasteiger partial charge < -0.3 is 0 Å². The molecule has 1 aliphatic carbocycles. The molecule has 0 aliphatic heterocycles. The maximum absolute atomic E-state index is 2.48. The van der Waals surface area contributed by atoms with Crippen LogP contribution in [0.4, 0.5) is 0 Å². The maximum Gasteiger partial charge on any atom is 0.220 e. The van der Waals surface area contributed by atoms with Gasteiger partial charge in [-0.3, -0.25) is 0 Å². The highest BCUT2D eigenvalue weighted by molar-refractivity contribution is 5.94. The summed E-state index contributed by atoms with van der Waals surface area (Å²) < 4.78 is 2.37. The fourth-order valence-electron chi connectivity index (χ4n) is 4.86. The molecular weight excluding hydrogens is 338 g/mol. The average molecular weight is 373 g/mol. The van der Waals surface area contributed by atoms with Crippen LogP contribution in [0.5, 0.6) is 0 Å². The molecule has 0 N–H and O–H groups in total. The zero-order chi connectivity index (χ0) is 19.8. The minimum atomic E-state index is 0.540. The van der Waals surface area contributed by atoms with Crippen LogP contribution in [0.1, 0.15) is 80.2 Å². The third-order valence-electron chi connectivity index (χ3n) is 6.82. The first-order valence-corrected chi connectivity index (χ1v) is 11.0. The lowest BCUT2D eigenvalue weighted by Crippen LogP contribution is -2.35. The van der Waals surface area contributed by atoms with E-state index in [1.807, 2.05) is 0 Å². The summed E-state index contributed by atoms with van der Waals surface area (Å²) >= 11 is 0.